The summed E-state index contributed by atoms with van der Waals surface area (Å²) < 4.78 is 5.83. The second-order valence-electron chi connectivity index (χ2n) is 4.49. The van der Waals surface area contributed by atoms with E-state index in [1.54, 1.807) is 0 Å². The molecular weight excluding hydrogens is 222 g/mol. The maximum atomic E-state index is 5.83. The monoisotopic (exact) mass is 243 g/mol. The van der Waals surface area contributed by atoms with E-state index >= 15 is 0 Å². The van der Waals surface area contributed by atoms with Gasteiger partial charge in [0.2, 0.25) is 0 Å². The lowest BCUT2D eigenvalue weighted by atomic mass is 10.2. The van der Waals surface area contributed by atoms with Crippen LogP contribution in [0.15, 0.2) is 0 Å². The number of nitrogens with one attached hydrogen (secondary N) is 2. The normalized spacial score (nSPS) is 29.8. The molecule has 0 spiro atoms. The van der Waals surface area contributed by atoms with Gasteiger partial charge in [-0.2, -0.15) is 0 Å². The molecule has 0 bridgehead atoms. The Balaban J connectivity index is 1.69. The van der Waals surface area contributed by atoms with Crippen molar-refractivity contribution in [3.8, 4) is 0 Å². The number of rotatable bonds is 3. The van der Waals surface area contributed by atoms with E-state index in [4.69, 9.17) is 17.0 Å². The molecule has 2 fully saturated rings. The van der Waals surface area contributed by atoms with Crippen LogP contribution in [0.4, 0.5) is 0 Å². The third kappa shape index (κ3) is 3.06. The fourth-order valence-corrected chi connectivity index (χ4v) is 2.67. The van der Waals surface area contributed by atoms with Crippen molar-refractivity contribution >= 4 is 17.3 Å². The fourth-order valence-electron chi connectivity index (χ4n) is 2.44. The molecule has 0 aromatic rings. The highest BCUT2D eigenvalue weighted by atomic mass is 32.1. The second kappa shape index (κ2) is 5.80. The Morgan fingerprint density at radius 2 is 2.38 bits per heavy atom. The van der Waals surface area contributed by atoms with Gasteiger partial charge in [0.15, 0.2) is 5.11 Å². The van der Waals surface area contributed by atoms with Crippen molar-refractivity contribution in [2.24, 2.45) is 0 Å². The van der Waals surface area contributed by atoms with Gasteiger partial charge in [-0.1, -0.05) is 0 Å². The molecular formula is C11H21N3OS. The summed E-state index contributed by atoms with van der Waals surface area (Å²) in [5.41, 5.74) is 0. The molecule has 2 atom stereocenters. The minimum Gasteiger partial charge on any atom is -0.373 e. The van der Waals surface area contributed by atoms with Crippen LogP contribution in [-0.2, 0) is 4.74 Å². The maximum absolute atomic E-state index is 5.83. The molecule has 0 aromatic heterocycles. The van der Waals surface area contributed by atoms with Crippen LogP contribution < -0.4 is 10.6 Å². The predicted molar refractivity (Wildman–Crippen MR) is 68.6 cm³/mol. The summed E-state index contributed by atoms with van der Waals surface area (Å²) in [6.07, 6.45) is 2.91. The van der Waals surface area contributed by atoms with Gasteiger partial charge in [0, 0.05) is 25.7 Å². The van der Waals surface area contributed by atoms with E-state index in [0.717, 1.165) is 31.4 Å². The smallest absolute Gasteiger partial charge is 0.166 e. The molecule has 4 nitrogen and oxygen atoms in total. The summed E-state index contributed by atoms with van der Waals surface area (Å²) in [7, 11) is 0. The van der Waals surface area contributed by atoms with Gasteiger partial charge in [-0.25, -0.2) is 0 Å². The Morgan fingerprint density at radius 3 is 3.19 bits per heavy atom. The van der Waals surface area contributed by atoms with E-state index in [0.29, 0.717) is 6.04 Å². The second-order valence-corrected chi connectivity index (χ2v) is 4.89. The van der Waals surface area contributed by atoms with E-state index in [1.165, 1.54) is 19.4 Å². The van der Waals surface area contributed by atoms with E-state index in [9.17, 15) is 0 Å². The first-order valence-electron chi connectivity index (χ1n) is 6.17. The quantitative estimate of drug-likeness (QED) is 0.699. The van der Waals surface area contributed by atoms with Crippen LogP contribution in [0, 0.1) is 0 Å². The number of hydrogen-bond acceptors (Lipinski definition) is 3. The molecule has 2 saturated heterocycles. The third-order valence-corrected chi connectivity index (χ3v) is 3.58. The molecule has 5 heteroatoms. The maximum Gasteiger partial charge on any atom is 0.166 e. The Bertz CT molecular complexity index is 249. The highest BCUT2D eigenvalue weighted by Crippen LogP contribution is 2.22. The Morgan fingerprint density at radius 1 is 1.50 bits per heavy atom. The summed E-state index contributed by atoms with van der Waals surface area (Å²) in [6.45, 7) is 6.90. The van der Waals surface area contributed by atoms with Gasteiger partial charge in [-0.3, -0.25) is 4.90 Å². The molecule has 2 aliphatic heterocycles. The Kier molecular flexibility index (Phi) is 4.37. The Labute approximate surface area is 103 Å². The largest absolute Gasteiger partial charge is 0.373 e. The number of morpholine rings is 1. The van der Waals surface area contributed by atoms with Crippen molar-refractivity contribution in [1.82, 2.24) is 15.5 Å². The molecule has 0 amide bonds. The SMILES string of the molecule is CCNC(=S)NCC1CN2CCCC2CO1. The predicted octanol–water partition coefficient (Wildman–Crippen LogP) is 0.334. The molecule has 92 valence electrons. The lowest BCUT2D eigenvalue weighted by Gasteiger charge is -2.35. The van der Waals surface area contributed by atoms with Crippen LogP contribution in [0.25, 0.3) is 0 Å². The lowest BCUT2D eigenvalue weighted by molar-refractivity contribution is -0.0452. The number of thiocarbonyl (C=S) groups is 1. The first kappa shape index (κ1) is 12.1. The van der Waals surface area contributed by atoms with E-state index in [2.05, 4.69) is 15.5 Å². The highest BCUT2D eigenvalue weighted by Gasteiger charge is 2.31. The third-order valence-electron chi connectivity index (χ3n) is 3.29. The summed E-state index contributed by atoms with van der Waals surface area (Å²) >= 11 is 5.12. The highest BCUT2D eigenvalue weighted by molar-refractivity contribution is 7.80. The molecule has 2 aliphatic rings. The van der Waals surface area contributed by atoms with Gasteiger partial charge in [0.25, 0.3) is 0 Å². The van der Waals surface area contributed by atoms with Crippen molar-refractivity contribution in [1.29, 1.82) is 0 Å². The van der Waals surface area contributed by atoms with E-state index < -0.39 is 0 Å². The zero-order valence-electron chi connectivity index (χ0n) is 9.87. The summed E-state index contributed by atoms with van der Waals surface area (Å²) in [4.78, 5) is 2.55. The van der Waals surface area contributed by atoms with Crippen LogP contribution in [0.3, 0.4) is 0 Å². The minimum atomic E-state index is 0.283. The van der Waals surface area contributed by atoms with Gasteiger partial charge in [0.05, 0.1) is 12.7 Å². The number of fused-ring (bicyclic) bond motifs is 1. The van der Waals surface area contributed by atoms with Crippen LogP contribution in [0.5, 0.6) is 0 Å². The first-order valence-corrected chi connectivity index (χ1v) is 6.57. The molecule has 0 saturated carbocycles. The van der Waals surface area contributed by atoms with E-state index in [1.807, 2.05) is 6.92 Å². The average molecular weight is 243 g/mol. The molecule has 16 heavy (non-hydrogen) atoms. The lowest BCUT2D eigenvalue weighted by Crippen LogP contribution is -2.51. The van der Waals surface area contributed by atoms with Crippen molar-refractivity contribution in [2.75, 3.05) is 32.8 Å². The number of ether oxygens (including phenoxy) is 1. The average Bonchev–Trinajstić information content (AvgIpc) is 2.74. The minimum absolute atomic E-state index is 0.283. The summed E-state index contributed by atoms with van der Waals surface area (Å²) in [5, 5.41) is 7.02. The van der Waals surface area contributed by atoms with Crippen molar-refractivity contribution < 1.29 is 4.74 Å². The topological polar surface area (TPSA) is 36.5 Å². The molecule has 2 heterocycles. The van der Waals surface area contributed by atoms with Crippen LogP contribution in [-0.4, -0.2) is 54.9 Å². The molecule has 2 unspecified atom stereocenters. The standard InChI is InChI=1S/C11H21N3OS/c1-2-12-11(16)13-6-10-7-14-5-3-4-9(14)8-15-10/h9-10H,2-8H2,1H3,(H2,12,13,16). The molecule has 0 aliphatic carbocycles. The Hall–Kier alpha value is -0.390. The first-order chi connectivity index (χ1) is 7.79. The van der Waals surface area contributed by atoms with Gasteiger partial charge in [0.1, 0.15) is 0 Å². The van der Waals surface area contributed by atoms with E-state index in [-0.39, 0.29) is 6.10 Å². The molecule has 0 aromatic carbocycles. The summed E-state index contributed by atoms with van der Waals surface area (Å²) in [5.74, 6) is 0. The number of nitrogens with zero attached hydrogens (tertiary/aromatic N) is 1. The van der Waals surface area contributed by atoms with Crippen LogP contribution >= 0.6 is 12.2 Å². The van der Waals surface area contributed by atoms with Crippen molar-refractivity contribution in [3.63, 3.8) is 0 Å². The van der Waals surface area contributed by atoms with Crippen molar-refractivity contribution in [2.45, 2.75) is 31.9 Å². The van der Waals surface area contributed by atoms with Crippen molar-refractivity contribution in [3.05, 3.63) is 0 Å². The van der Waals surface area contributed by atoms with Gasteiger partial charge in [-0.05, 0) is 38.5 Å². The molecule has 0 radical (unpaired) electrons. The molecule has 2 N–H and O–H groups in total. The van der Waals surface area contributed by atoms with Gasteiger partial charge >= 0.3 is 0 Å². The van der Waals surface area contributed by atoms with Crippen LogP contribution in [0.1, 0.15) is 19.8 Å². The summed E-state index contributed by atoms with van der Waals surface area (Å²) in [6, 6.07) is 0.678. The van der Waals surface area contributed by atoms with Crippen LogP contribution in [0.2, 0.25) is 0 Å². The van der Waals surface area contributed by atoms with Gasteiger partial charge < -0.3 is 15.4 Å². The fraction of sp³-hybridized carbons (Fsp3) is 0.909. The van der Waals surface area contributed by atoms with Gasteiger partial charge in [-0.15, -0.1) is 0 Å². The number of hydrogen-bond donors (Lipinski definition) is 2. The zero-order valence-corrected chi connectivity index (χ0v) is 10.7. The molecule has 2 rings (SSSR count). The zero-order chi connectivity index (χ0) is 11.4.